The maximum atomic E-state index is 11.1. The Balaban J connectivity index is 2.05. The predicted octanol–water partition coefficient (Wildman–Crippen LogP) is 3.56. The second-order valence-corrected chi connectivity index (χ2v) is 5.68. The number of hydrogen-bond acceptors (Lipinski definition) is 3. The Morgan fingerprint density at radius 2 is 1.78 bits per heavy atom. The number of aryl methyl sites for hydroxylation is 3. The topological polar surface area (TPSA) is 68.0 Å². The van der Waals surface area contributed by atoms with Crippen molar-refractivity contribution in [3.63, 3.8) is 0 Å². The molecular weight excluding hydrogens is 290 g/mol. The molecule has 23 heavy (non-hydrogen) atoms. The first-order valence-electron chi connectivity index (χ1n) is 7.30. The van der Waals surface area contributed by atoms with Crippen molar-refractivity contribution in [2.24, 2.45) is 0 Å². The highest BCUT2D eigenvalue weighted by atomic mass is 16.4. The molecular formula is C18H17N3O2. The van der Waals surface area contributed by atoms with Gasteiger partial charge in [0.1, 0.15) is 5.69 Å². The van der Waals surface area contributed by atoms with Crippen molar-refractivity contribution in [3.8, 4) is 16.9 Å². The van der Waals surface area contributed by atoms with Crippen LogP contribution in [0.3, 0.4) is 0 Å². The summed E-state index contributed by atoms with van der Waals surface area (Å²) in [6, 6.07) is 10.9. The minimum atomic E-state index is -0.961. The molecule has 0 saturated carbocycles. The highest BCUT2D eigenvalue weighted by molar-refractivity contribution is 5.88. The Bertz CT molecular complexity index is 874. The average molecular weight is 307 g/mol. The average Bonchev–Trinajstić information content (AvgIpc) is 2.96. The molecule has 0 fully saturated rings. The van der Waals surface area contributed by atoms with E-state index in [0.29, 0.717) is 5.69 Å². The van der Waals surface area contributed by atoms with Crippen molar-refractivity contribution in [2.75, 3.05) is 0 Å². The summed E-state index contributed by atoms with van der Waals surface area (Å²) in [4.78, 5) is 11.1. The molecule has 116 valence electrons. The van der Waals surface area contributed by atoms with Gasteiger partial charge in [0, 0.05) is 5.56 Å². The van der Waals surface area contributed by atoms with E-state index in [4.69, 9.17) is 5.11 Å². The van der Waals surface area contributed by atoms with Crippen molar-refractivity contribution in [3.05, 3.63) is 64.8 Å². The van der Waals surface area contributed by atoms with Gasteiger partial charge in [-0.1, -0.05) is 29.0 Å². The van der Waals surface area contributed by atoms with Gasteiger partial charge in [0.25, 0.3) is 0 Å². The summed E-state index contributed by atoms with van der Waals surface area (Å²) in [5, 5.41) is 17.5. The van der Waals surface area contributed by atoms with Crippen LogP contribution in [0, 0.1) is 20.8 Å². The van der Waals surface area contributed by atoms with Gasteiger partial charge < -0.3 is 5.11 Å². The Hall–Kier alpha value is -2.95. The number of aromatic carboxylic acids is 1. The number of benzene rings is 2. The quantitative estimate of drug-likeness (QED) is 0.803. The van der Waals surface area contributed by atoms with Crippen LogP contribution in [0.2, 0.25) is 0 Å². The number of carboxylic acid groups (broad SMARTS) is 1. The van der Waals surface area contributed by atoms with Crippen LogP contribution in [-0.4, -0.2) is 26.1 Å². The predicted molar refractivity (Wildman–Crippen MR) is 88.0 cm³/mol. The summed E-state index contributed by atoms with van der Waals surface area (Å²) in [6.07, 6.45) is 1.83. The molecule has 5 heteroatoms. The molecule has 0 aliphatic carbocycles. The molecule has 1 heterocycles. The van der Waals surface area contributed by atoms with Crippen LogP contribution in [0.1, 0.15) is 27.0 Å². The van der Waals surface area contributed by atoms with E-state index in [9.17, 15) is 4.79 Å². The van der Waals surface area contributed by atoms with Crippen LogP contribution >= 0.6 is 0 Å². The van der Waals surface area contributed by atoms with Gasteiger partial charge in [-0.2, -0.15) is 0 Å². The van der Waals surface area contributed by atoms with Crippen molar-refractivity contribution in [2.45, 2.75) is 20.8 Å². The maximum Gasteiger partial charge on any atom is 0.335 e. The van der Waals surface area contributed by atoms with E-state index in [1.165, 1.54) is 5.56 Å². The summed E-state index contributed by atoms with van der Waals surface area (Å²) in [7, 11) is 0. The smallest absolute Gasteiger partial charge is 0.335 e. The third kappa shape index (κ3) is 2.85. The van der Waals surface area contributed by atoms with Crippen molar-refractivity contribution >= 4 is 5.97 Å². The molecule has 3 rings (SSSR count). The Morgan fingerprint density at radius 1 is 1.09 bits per heavy atom. The van der Waals surface area contributed by atoms with Gasteiger partial charge in [-0.25, -0.2) is 9.48 Å². The number of aromatic nitrogens is 3. The Kier molecular flexibility index (Phi) is 3.70. The summed E-state index contributed by atoms with van der Waals surface area (Å²) in [5.41, 5.74) is 6.25. The third-order valence-corrected chi connectivity index (χ3v) is 3.78. The minimum Gasteiger partial charge on any atom is -0.478 e. The molecule has 2 aromatic carbocycles. The maximum absolute atomic E-state index is 11.1. The second kappa shape index (κ2) is 5.68. The minimum absolute atomic E-state index is 0.224. The molecule has 0 amide bonds. The molecule has 0 saturated heterocycles. The SMILES string of the molecule is Cc1cc(C)c(-c2cn(-c3cccc(C(=O)O)c3)nn2)c(C)c1. The van der Waals surface area contributed by atoms with Gasteiger partial charge in [-0.15, -0.1) is 5.10 Å². The van der Waals surface area contributed by atoms with Crippen LogP contribution in [0.15, 0.2) is 42.6 Å². The van der Waals surface area contributed by atoms with Crippen molar-refractivity contribution in [1.82, 2.24) is 15.0 Å². The largest absolute Gasteiger partial charge is 0.478 e. The lowest BCUT2D eigenvalue weighted by Gasteiger charge is -2.08. The van der Waals surface area contributed by atoms with Crippen LogP contribution in [0.4, 0.5) is 0 Å². The van der Waals surface area contributed by atoms with E-state index < -0.39 is 5.97 Å². The first-order chi connectivity index (χ1) is 11.0. The monoisotopic (exact) mass is 307 g/mol. The molecule has 0 bridgehead atoms. The fourth-order valence-electron chi connectivity index (χ4n) is 2.87. The van der Waals surface area contributed by atoms with Crippen LogP contribution in [0.25, 0.3) is 16.9 Å². The fraction of sp³-hybridized carbons (Fsp3) is 0.167. The van der Waals surface area contributed by atoms with Crippen molar-refractivity contribution < 1.29 is 9.90 Å². The van der Waals surface area contributed by atoms with Crippen LogP contribution < -0.4 is 0 Å². The van der Waals surface area contributed by atoms with Gasteiger partial charge in [0.2, 0.25) is 0 Å². The first kappa shape index (κ1) is 15.0. The zero-order valence-corrected chi connectivity index (χ0v) is 13.2. The van der Waals surface area contributed by atoms with E-state index >= 15 is 0 Å². The van der Waals surface area contributed by atoms with Crippen LogP contribution in [0.5, 0.6) is 0 Å². The number of carbonyl (C=O) groups is 1. The van der Waals surface area contributed by atoms with E-state index in [2.05, 4.69) is 43.2 Å². The van der Waals surface area contributed by atoms with E-state index in [1.807, 2.05) is 6.20 Å². The van der Waals surface area contributed by atoms with E-state index in [0.717, 1.165) is 22.4 Å². The molecule has 0 radical (unpaired) electrons. The van der Waals surface area contributed by atoms with E-state index in [-0.39, 0.29) is 5.56 Å². The van der Waals surface area contributed by atoms with Gasteiger partial charge in [-0.3, -0.25) is 0 Å². The lowest BCUT2D eigenvalue weighted by molar-refractivity contribution is 0.0697. The molecule has 0 unspecified atom stereocenters. The zero-order valence-electron chi connectivity index (χ0n) is 13.2. The lowest BCUT2D eigenvalue weighted by Crippen LogP contribution is -2.00. The summed E-state index contributed by atoms with van der Waals surface area (Å²) in [5.74, 6) is -0.961. The highest BCUT2D eigenvalue weighted by Gasteiger charge is 2.12. The molecule has 0 aliphatic rings. The van der Waals surface area contributed by atoms with Crippen molar-refractivity contribution in [1.29, 1.82) is 0 Å². The summed E-state index contributed by atoms with van der Waals surface area (Å²) in [6.45, 7) is 6.18. The number of hydrogen-bond donors (Lipinski definition) is 1. The molecule has 5 nitrogen and oxygen atoms in total. The molecule has 0 aliphatic heterocycles. The highest BCUT2D eigenvalue weighted by Crippen LogP contribution is 2.27. The molecule has 0 atom stereocenters. The normalized spacial score (nSPS) is 10.7. The van der Waals surface area contributed by atoms with Gasteiger partial charge in [-0.05, 0) is 50.1 Å². The van der Waals surface area contributed by atoms with Gasteiger partial charge >= 0.3 is 5.97 Å². The zero-order chi connectivity index (χ0) is 16.6. The first-order valence-corrected chi connectivity index (χ1v) is 7.30. The van der Waals surface area contributed by atoms with Gasteiger partial charge in [0.05, 0.1) is 17.4 Å². The third-order valence-electron chi connectivity index (χ3n) is 3.78. The standard InChI is InChI=1S/C18H17N3O2/c1-11-7-12(2)17(13(3)8-11)16-10-21(20-19-16)15-6-4-5-14(9-15)18(22)23/h4-10H,1-3H3,(H,22,23). The number of nitrogens with zero attached hydrogens (tertiary/aromatic N) is 3. The lowest BCUT2D eigenvalue weighted by atomic mass is 9.98. The number of rotatable bonds is 3. The molecule has 3 aromatic rings. The van der Waals surface area contributed by atoms with E-state index in [1.54, 1.807) is 28.9 Å². The molecule has 1 aromatic heterocycles. The Morgan fingerprint density at radius 3 is 2.43 bits per heavy atom. The summed E-state index contributed by atoms with van der Waals surface area (Å²) < 4.78 is 1.60. The molecule has 1 N–H and O–H groups in total. The summed E-state index contributed by atoms with van der Waals surface area (Å²) >= 11 is 0. The van der Waals surface area contributed by atoms with Gasteiger partial charge in [0.15, 0.2) is 0 Å². The Labute approximate surface area is 134 Å². The van der Waals surface area contributed by atoms with Crippen LogP contribution in [-0.2, 0) is 0 Å². The number of carboxylic acids is 1. The molecule has 0 spiro atoms. The fourth-order valence-corrected chi connectivity index (χ4v) is 2.87. The second-order valence-electron chi connectivity index (χ2n) is 5.68.